The van der Waals surface area contributed by atoms with Gasteiger partial charge in [0.15, 0.2) is 0 Å². The predicted octanol–water partition coefficient (Wildman–Crippen LogP) is 2.14. The van der Waals surface area contributed by atoms with Crippen LogP contribution in [-0.4, -0.2) is 46.7 Å². The molecule has 0 aliphatic carbocycles. The lowest BCUT2D eigenvalue weighted by Crippen LogP contribution is -2.42. The molecular formula is C19H22N4O4. The minimum absolute atomic E-state index is 0.0961. The Morgan fingerprint density at radius 1 is 1.22 bits per heavy atom. The zero-order chi connectivity index (χ0) is 19.2. The van der Waals surface area contributed by atoms with Crippen molar-refractivity contribution < 1.29 is 14.8 Å². The fourth-order valence-corrected chi connectivity index (χ4v) is 3.16. The molecule has 0 spiro atoms. The second-order valence-corrected chi connectivity index (χ2v) is 6.55. The van der Waals surface area contributed by atoms with Crippen LogP contribution < -0.4 is 10.6 Å². The highest BCUT2D eigenvalue weighted by molar-refractivity contribution is 5.89. The Kier molecular flexibility index (Phi) is 6.00. The first-order valence-corrected chi connectivity index (χ1v) is 8.78. The van der Waals surface area contributed by atoms with E-state index in [2.05, 4.69) is 27.7 Å². The van der Waals surface area contributed by atoms with Crippen LogP contribution in [0.25, 0.3) is 0 Å². The van der Waals surface area contributed by atoms with Gasteiger partial charge in [0.1, 0.15) is 0 Å². The number of rotatable bonds is 6. The summed E-state index contributed by atoms with van der Waals surface area (Å²) < 4.78 is 0. The zero-order valence-corrected chi connectivity index (χ0v) is 14.8. The van der Waals surface area contributed by atoms with Crippen LogP contribution in [0.4, 0.5) is 16.2 Å². The molecule has 1 heterocycles. The average molecular weight is 370 g/mol. The third kappa shape index (κ3) is 5.25. The summed E-state index contributed by atoms with van der Waals surface area (Å²) in [6.45, 7) is 2.21. The number of nitrogens with zero attached hydrogens (tertiary/aromatic N) is 2. The number of hydrogen-bond acceptors (Lipinski definition) is 5. The molecule has 0 saturated carbocycles. The molecule has 27 heavy (non-hydrogen) atoms. The summed E-state index contributed by atoms with van der Waals surface area (Å²) in [7, 11) is 0. The van der Waals surface area contributed by atoms with Crippen molar-refractivity contribution >= 4 is 17.4 Å². The smallest absolute Gasteiger partial charge is 0.319 e. The van der Waals surface area contributed by atoms with Gasteiger partial charge in [0, 0.05) is 44.0 Å². The summed E-state index contributed by atoms with van der Waals surface area (Å²) in [4.78, 5) is 24.3. The number of aliphatic hydroxyl groups is 1. The third-order valence-electron chi connectivity index (χ3n) is 4.49. The first-order valence-electron chi connectivity index (χ1n) is 8.78. The van der Waals surface area contributed by atoms with E-state index >= 15 is 0 Å². The summed E-state index contributed by atoms with van der Waals surface area (Å²) >= 11 is 0. The van der Waals surface area contributed by atoms with Crippen molar-refractivity contribution in [1.29, 1.82) is 0 Å². The summed E-state index contributed by atoms with van der Waals surface area (Å²) in [5, 5.41) is 26.1. The first-order chi connectivity index (χ1) is 13.0. The van der Waals surface area contributed by atoms with Gasteiger partial charge in [-0.1, -0.05) is 30.3 Å². The van der Waals surface area contributed by atoms with Crippen molar-refractivity contribution in [3.05, 3.63) is 69.8 Å². The van der Waals surface area contributed by atoms with Crippen LogP contribution in [0.2, 0.25) is 0 Å². The van der Waals surface area contributed by atoms with Crippen LogP contribution in [0.5, 0.6) is 0 Å². The number of nitro benzene ring substituents is 1. The maximum absolute atomic E-state index is 11.9. The number of urea groups is 1. The van der Waals surface area contributed by atoms with E-state index in [0.29, 0.717) is 12.2 Å². The van der Waals surface area contributed by atoms with E-state index in [9.17, 15) is 20.0 Å². The van der Waals surface area contributed by atoms with Crippen LogP contribution in [0.1, 0.15) is 11.1 Å². The van der Waals surface area contributed by atoms with E-state index in [0.717, 1.165) is 19.5 Å². The Bertz CT molecular complexity index is 827. The molecule has 8 heteroatoms. The second kappa shape index (κ2) is 8.61. The molecule has 0 bridgehead atoms. The van der Waals surface area contributed by atoms with Crippen molar-refractivity contribution in [3.63, 3.8) is 0 Å². The van der Waals surface area contributed by atoms with Gasteiger partial charge in [-0.05, 0) is 23.6 Å². The van der Waals surface area contributed by atoms with E-state index in [-0.39, 0.29) is 12.2 Å². The van der Waals surface area contributed by atoms with Gasteiger partial charge in [-0.2, -0.15) is 0 Å². The van der Waals surface area contributed by atoms with Gasteiger partial charge in [-0.25, -0.2) is 4.79 Å². The van der Waals surface area contributed by atoms with E-state index < -0.39 is 17.1 Å². The number of nitrogens with one attached hydrogen (secondary N) is 2. The highest BCUT2D eigenvalue weighted by Crippen LogP contribution is 2.19. The van der Waals surface area contributed by atoms with Crippen LogP contribution in [0.3, 0.4) is 0 Å². The second-order valence-electron chi connectivity index (χ2n) is 6.55. The molecule has 0 radical (unpaired) electrons. The maximum atomic E-state index is 11.9. The van der Waals surface area contributed by atoms with Crippen molar-refractivity contribution in [2.45, 2.75) is 19.1 Å². The Hall–Kier alpha value is -2.97. The van der Waals surface area contributed by atoms with Crippen LogP contribution in [0, 0.1) is 10.1 Å². The fraction of sp³-hybridized carbons (Fsp3) is 0.316. The largest absolute Gasteiger partial charge is 0.390 e. The Morgan fingerprint density at radius 3 is 2.78 bits per heavy atom. The number of benzene rings is 2. The number of nitro groups is 1. The van der Waals surface area contributed by atoms with Gasteiger partial charge >= 0.3 is 6.03 Å². The van der Waals surface area contributed by atoms with Gasteiger partial charge in [-0.3, -0.25) is 15.0 Å². The number of fused-ring (bicyclic) bond motifs is 1. The Morgan fingerprint density at radius 2 is 2.00 bits per heavy atom. The number of non-ortho nitro benzene ring substituents is 1. The molecule has 1 unspecified atom stereocenters. The summed E-state index contributed by atoms with van der Waals surface area (Å²) in [5.74, 6) is 0. The van der Waals surface area contributed by atoms with E-state index in [1.807, 2.05) is 12.1 Å². The van der Waals surface area contributed by atoms with Gasteiger partial charge in [-0.15, -0.1) is 0 Å². The van der Waals surface area contributed by atoms with Crippen molar-refractivity contribution in [1.82, 2.24) is 10.2 Å². The SMILES string of the molecule is O=C(NCC(O)CN1CCc2ccccc2C1)Nc1cccc([N+](=O)[O-])c1. The van der Waals surface area contributed by atoms with Gasteiger partial charge in [0.05, 0.1) is 11.0 Å². The van der Waals surface area contributed by atoms with E-state index in [4.69, 9.17) is 0 Å². The first kappa shape index (κ1) is 18.8. The molecule has 2 aromatic carbocycles. The number of carbonyl (C=O) groups is 1. The number of hydrogen-bond donors (Lipinski definition) is 3. The van der Waals surface area contributed by atoms with Crippen LogP contribution in [-0.2, 0) is 13.0 Å². The van der Waals surface area contributed by atoms with Gasteiger partial charge in [0.25, 0.3) is 5.69 Å². The van der Waals surface area contributed by atoms with Gasteiger partial charge in [0.2, 0.25) is 0 Å². The molecule has 3 N–H and O–H groups in total. The lowest BCUT2D eigenvalue weighted by Gasteiger charge is -2.30. The van der Waals surface area contributed by atoms with Crippen molar-refractivity contribution in [2.75, 3.05) is 25.0 Å². The lowest BCUT2D eigenvalue weighted by atomic mass is 10.00. The van der Waals surface area contributed by atoms with Crippen LogP contribution >= 0.6 is 0 Å². The normalized spacial score (nSPS) is 14.9. The quantitative estimate of drug-likeness (QED) is 0.533. The third-order valence-corrected chi connectivity index (χ3v) is 4.49. The van der Waals surface area contributed by atoms with Crippen molar-refractivity contribution in [2.24, 2.45) is 0 Å². The number of β-amino-alcohol motifs (C(OH)–C–C–N with tert-alkyl or cyclic N) is 1. The molecule has 3 rings (SSSR count). The lowest BCUT2D eigenvalue weighted by molar-refractivity contribution is -0.384. The molecule has 0 saturated heterocycles. The maximum Gasteiger partial charge on any atom is 0.319 e. The summed E-state index contributed by atoms with van der Waals surface area (Å²) in [6, 6.07) is 13.4. The number of carbonyl (C=O) groups excluding carboxylic acids is 1. The molecule has 142 valence electrons. The molecule has 1 aliphatic rings. The molecule has 2 amide bonds. The highest BCUT2D eigenvalue weighted by atomic mass is 16.6. The summed E-state index contributed by atoms with van der Waals surface area (Å²) in [5.41, 5.74) is 2.84. The van der Waals surface area contributed by atoms with E-state index in [1.54, 1.807) is 6.07 Å². The molecule has 1 aliphatic heterocycles. The number of aliphatic hydroxyl groups excluding tert-OH is 1. The topological polar surface area (TPSA) is 108 Å². The monoisotopic (exact) mass is 370 g/mol. The number of anilines is 1. The highest BCUT2D eigenvalue weighted by Gasteiger charge is 2.18. The zero-order valence-electron chi connectivity index (χ0n) is 14.8. The minimum Gasteiger partial charge on any atom is -0.390 e. The standard InChI is InChI=1S/C19H22N4O4/c24-18(13-22-9-8-14-4-1-2-5-15(14)12-22)11-20-19(25)21-16-6-3-7-17(10-16)23(26)27/h1-7,10,18,24H,8-9,11-13H2,(H2,20,21,25). The van der Waals surface area contributed by atoms with Gasteiger partial charge < -0.3 is 15.7 Å². The Labute approximate surface area is 157 Å². The molecular weight excluding hydrogens is 348 g/mol. The van der Waals surface area contributed by atoms with Crippen molar-refractivity contribution in [3.8, 4) is 0 Å². The van der Waals surface area contributed by atoms with E-state index in [1.165, 1.54) is 29.3 Å². The Balaban J connectivity index is 1.44. The fourth-order valence-electron chi connectivity index (χ4n) is 3.16. The molecule has 8 nitrogen and oxygen atoms in total. The minimum atomic E-state index is -0.703. The number of amides is 2. The molecule has 1 atom stereocenters. The molecule has 0 aromatic heterocycles. The van der Waals surface area contributed by atoms with Crippen LogP contribution in [0.15, 0.2) is 48.5 Å². The molecule has 2 aromatic rings. The molecule has 0 fully saturated rings. The summed E-state index contributed by atoms with van der Waals surface area (Å²) in [6.07, 6.45) is 0.245. The average Bonchev–Trinajstić information content (AvgIpc) is 2.66. The predicted molar refractivity (Wildman–Crippen MR) is 102 cm³/mol.